The molecular formula is C22H25F2N7O. The highest BCUT2D eigenvalue weighted by molar-refractivity contribution is 5.82. The van der Waals surface area contributed by atoms with Gasteiger partial charge in [0.2, 0.25) is 5.95 Å². The third-order valence-corrected chi connectivity index (χ3v) is 6.19. The number of rotatable bonds is 5. The Kier molecular flexibility index (Phi) is 5.04. The number of pyridine rings is 1. The van der Waals surface area contributed by atoms with Crippen molar-refractivity contribution in [2.24, 2.45) is 0 Å². The van der Waals surface area contributed by atoms with E-state index in [1.54, 1.807) is 23.7 Å². The lowest BCUT2D eigenvalue weighted by Crippen LogP contribution is -2.36. The molecule has 1 fully saturated rings. The maximum Gasteiger partial charge on any atom is 0.256 e. The van der Waals surface area contributed by atoms with Gasteiger partial charge in [0.25, 0.3) is 6.43 Å². The average molecular weight is 441 g/mol. The summed E-state index contributed by atoms with van der Waals surface area (Å²) in [5.74, 6) is 1.04. The first-order valence-corrected chi connectivity index (χ1v) is 10.7. The molecule has 0 bridgehead atoms. The van der Waals surface area contributed by atoms with Gasteiger partial charge < -0.3 is 15.0 Å². The van der Waals surface area contributed by atoms with E-state index in [9.17, 15) is 13.9 Å². The van der Waals surface area contributed by atoms with Gasteiger partial charge in [0.1, 0.15) is 11.3 Å². The van der Waals surface area contributed by atoms with Gasteiger partial charge >= 0.3 is 0 Å². The summed E-state index contributed by atoms with van der Waals surface area (Å²) in [6.45, 7) is 3.14. The number of aryl methyl sites for hydroxylation is 1. The Bertz CT molecular complexity index is 1270. The monoisotopic (exact) mass is 441 g/mol. The second-order valence-electron chi connectivity index (χ2n) is 8.76. The van der Waals surface area contributed by atoms with Gasteiger partial charge in [0.05, 0.1) is 29.6 Å². The van der Waals surface area contributed by atoms with Crippen LogP contribution < -0.4 is 5.32 Å². The molecule has 4 heterocycles. The molecule has 1 saturated carbocycles. The van der Waals surface area contributed by atoms with Crippen molar-refractivity contribution in [2.45, 2.75) is 64.1 Å². The minimum atomic E-state index is -2.48. The molecular weight excluding hydrogens is 416 g/mol. The highest BCUT2D eigenvalue weighted by Crippen LogP contribution is 2.30. The van der Waals surface area contributed by atoms with Gasteiger partial charge in [-0.15, -0.1) is 5.10 Å². The Morgan fingerprint density at radius 3 is 2.75 bits per heavy atom. The maximum absolute atomic E-state index is 13.0. The number of fused-ring (bicyclic) bond motifs is 2. The smallest absolute Gasteiger partial charge is 0.256 e. The summed E-state index contributed by atoms with van der Waals surface area (Å²) in [5.41, 5.74) is 2.67. The van der Waals surface area contributed by atoms with E-state index in [0.717, 1.165) is 36.8 Å². The van der Waals surface area contributed by atoms with Gasteiger partial charge in [-0.25, -0.2) is 28.2 Å². The van der Waals surface area contributed by atoms with Crippen LogP contribution in [0, 0.1) is 6.92 Å². The minimum Gasteiger partial charge on any atom is -0.390 e. The molecule has 168 valence electrons. The number of nitrogens with zero attached hydrogens (tertiary/aromatic N) is 6. The van der Waals surface area contributed by atoms with Crippen molar-refractivity contribution in [3.8, 4) is 11.3 Å². The number of imidazole rings is 1. The standard InChI is InChI=1S/C22H25F2N7O/c1-13-26-17-4-3-16(28-20(17)30(13)12-19(23)24)15-7-10-31-18(15)11-25-21(29-31)27-14-5-8-22(2,32)9-6-14/h3-4,7,10-11,14,19,32H,5-6,8-9,12H2,1-2H3,(H,27,29). The number of alkyl halides is 2. The summed E-state index contributed by atoms with van der Waals surface area (Å²) in [6.07, 6.45) is 4.30. The van der Waals surface area contributed by atoms with Crippen LogP contribution in [0.15, 0.2) is 30.6 Å². The zero-order valence-electron chi connectivity index (χ0n) is 18.0. The highest BCUT2D eigenvalue weighted by Gasteiger charge is 2.29. The molecule has 8 nitrogen and oxygen atoms in total. The van der Waals surface area contributed by atoms with Crippen molar-refractivity contribution in [3.05, 3.63) is 36.4 Å². The van der Waals surface area contributed by atoms with Gasteiger partial charge in [-0.05, 0) is 57.7 Å². The Morgan fingerprint density at radius 1 is 1.22 bits per heavy atom. The number of aliphatic hydroxyl groups is 1. The predicted octanol–water partition coefficient (Wildman–Crippen LogP) is 3.82. The normalized spacial score (nSPS) is 21.6. The zero-order chi connectivity index (χ0) is 22.5. The van der Waals surface area contributed by atoms with Crippen LogP contribution in [0.25, 0.3) is 27.9 Å². The van der Waals surface area contributed by atoms with Gasteiger partial charge in [0, 0.05) is 17.8 Å². The fourth-order valence-corrected chi connectivity index (χ4v) is 4.37. The molecule has 0 atom stereocenters. The fraction of sp³-hybridized carbons (Fsp3) is 0.455. The maximum atomic E-state index is 13.0. The minimum absolute atomic E-state index is 0.227. The molecule has 0 amide bonds. The van der Waals surface area contributed by atoms with Crippen molar-refractivity contribution < 1.29 is 13.9 Å². The summed E-state index contributed by atoms with van der Waals surface area (Å²) in [6, 6.07) is 5.74. The first-order valence-electron chi connectivity index (χ1n) is 10.7. The number of aromatic nitrogens is 6. The SMILES string of the molecule is Cc1nc2ccc(-c3ccn4nc(NC5CCC(C)(O)CC5)ncc34)nc2n1CC(F)F. The van der Waals surface area contributed by atoms with E-state index in [1.807, 2.05) is 25.3 Å². The Balaban J connectivity index is 1.43. The van der Waals surface area contributed by atoms with Crippen LogP contribution in [0.1, 0.15) is 38.4 Å². The fourth-order valence-electron chi connectivity index (χ4n) is 4.37. The van der Waals surface area contributed by atoms with Crippen LogP contribution in [0.4, 0.5) is 14.7 Å². The van der Waals surface area contributed by atoms with Crippen molar-refractivity contribution >= 4 is 22.6 Å². The van der Waals surface area contributed by atoms with Crippen molar-refractivity contribution in [1.29, 1.82) is 0 Å². The lowest BCUT2D eigenvalue weighted by atomic mass is 9.84. The molecule has 2 N–H and O–H groups in total. The zero-order valence-corrected chi connectivity index (χ0v) is 18.0. The molecule has 5 rings (SSSR count). The number of hydrogen-bond donors (Lipinski definition) is 2. The largest absolute Gasteiger partial charge is 0.390 e. The van der Waals surface area contributed by atoms with Gasteiger partial charge in [-0.2, -0.15) is 0 Å². The third-order valence-electron chi connectivity index (χ3n) is 6.19. The molecule has 0 saturated heterocycles. The average Bonchev–Trinajstić information content (AvgIpc) is 3.29. The topological polar surface area (TPSA) is 93.2 Å². The summed E-state index contributed by atoms with van der Waals surface area (Å²) in [5, 5.41) is 18.0. The van der Waals surface area contributed by atoms with Crippen molar-refractivity contribution in [2.75, 3.05) is 5.32 Å². The van der Waals surface area contributed by atoms with E-state index in [-0.39, 0.29) is 6.04 Å². The second kappa shape index (κ2) is 7.77. The highest BCUT2D eigenvalue weighted by atomic mass is 19.3. The number of nitrogens with one attached hydrogen (secondary N) is 1. The Labute approximate surface area is 183 Å². The van der Waals surface area contributed by atoms with Gasteiger partial charge in [0.15, 0.2) is 5.65 Å². The molecule has 0 spiro atoms. The van der Waals surface area contributed by atoms with E-state index in [0.29, 0.717) is 28.6 Å². The molecule has 0 radical (unpaired) electrons. The molecule has 4 aromatic heterocycles. The Morgan fingerprint density at radius 2 is 2.00 bits per heavy atom. The van der Waals surface area contributed by atoms with E-state index >= 15 is 0 Å². The lowest BCUT2D eigenvalue weighted by Gasteiger charge is -2.33. The molecule has 32 heavy (non-hydrogen) atoms. The molecule has 0 aromatic carbocycles. The Hall–Kier alpha value is -3.14. The summed E-state index contributed by atoms with van der Waals surface area (Å²) in [7, 11) is 0. The van der Waals surface area contributed by atoms with Crippen LogP contribution >= 0.6 is 0 Å². The van der Waals surface area contributed by atoms with E-state index in [1.165, 1.54) is 4.57 Å². The van der Waals surface area contributed by atoms with Gasteiger partial charge in [-0.3, -0.25) is 0 Å². The number of halogens is 2. The number of anilines is 1. The van der Waals surface area contributed by atoms with Crippen LogP contribution in [-0.4, -0.2) is 52.3 Å². The summed E-state index contributed by atoms with van der Waals surface area (Å²) >= 11 is 0. The molecule has 0 unspecified atom stereocenters. The van der Waals surface area contributed by atoms with E-state index in [2.05, 4.69) is 25.4 Å². The number of hydrogen-bond acceptors (Lipinski definition) is 6. The quantitative estimate of drug-likeness (QED) is 0.489. The first-order chi connectivity index (χ1) is 15.3. The molecule has 10 heteroatoms. The second-order valence-corrected chi connectivity index (χ2v) is 8.76. The van der Waals surface area contributed by atoms with E-state index < -0.39 is 18.6 Å². The van der Waals surface area contributed by atoms with Crippen molar-refractivity contribution in [1.82, 2.24) is 29.1 Å². The molecule has 1 aliphatic rings. The first kappa shape index (κ1) is 20.7. The van der Waals surface area contributed by atoms with Crippen LogP contribution in [0.5, 0.6) is 0 Å². The van der Waals surface area contributed by atoms with Crippen molar-refractivity contribution in [3.63, 3.8) is 0 Å². The van der Waals surface area contributed by atoms with Crippen LogP contribution in [0.2, 0.25) is 0 Å². The van der Waals surface area contributed by atoms with Crippen LogP contribution in [-0.2, 0) is 6.54 Å². The summed E-state index contributed by atoms with van der Waals surface area (Å²) in [4.78, 5) is 13.4. The third kappa shape index (κ3) is 3.90. The van der Waals surface area contributed by atoms with Crippen LogP contribution in [0.3, 0.4) is 0 Å². The summed E-state index contributed by atoms with van der Waals surface area (Å²) < 4.78 is 29.2. The molecule has 0 aliphatic heterocycles. The van der Waals surface area contributed by atoms with E-state index in [4.69, 9.17) is 0 Å². The van der Waals surface area contributed by atoms with Gasteiger partial charge in [-0.1, -0.05) is 0 Å². The molecule has 1 aliphatic carbocycles. The lowest BCUT2D eigenvalue weighted by molar-refractivity contribution is 0.0195. The molecule has 4 aromatic rings. The predicted molar refractivity (Wildman–Crippen MR) is 117 cm³/mol.